The molecule has 0 atom stereocenters. The van der Waals surface area contributed by atoms with Crippen molar-refractivity contribution in [3.8, 4) is 0 Å². The van der Waals surface area contributed by atoms with Gasteiger partial charge in [0.2, 0.25) is 5.91 Å². The van der Waals surface area contributed by atoms with Crippen molar-refractivity contribution in [2.75, 3.05) is 18.4 Å². The lowest BCUT2D eigenvalue weighted by Crippen LogP contribution is -2.35. The molecule has 1 amide bonds. The smallest absolute Gasteiger partial charge is 0.228 e. The second-order valence-electron chi connectivity index (χ2n) is 7.84. The number of H-pyrrole nitrogens is 1. The van der Waals surface area contributed by atoms with Crippen LogP contribution in [0.5, 0.6) is 0 Å². The number of carbonyl (C=O) groups excluding carboxylic acids is 1. The molecule has 2 N–H and O–H groups in total. The van der Waals surface area contributed by atoms with Gasteiger partial charge in [0, 0.05) is 54.6 Å². The van der Waals surface area contributed by atoms with Crippen LogP contribution in [0, 0.1) is 19.8 Å². The summed E-state index contributed by atoms with van der Waals surface area (Å²) in [5, 5.41) is 7.48. The van der Waals surface area contributed by atoms with Crippen LogP contribution in [0.4, 0.5) is 5.82 Å². The van der Waals surface area contributed by atoms with Gasteiger partial charge in [0.25, 0.3) is 0 Å². The van der Waals surface area contributed by atoms with E-state index >= 15 is 0 Å². The predicted molar refractivity (Wildman–Crippen MR) is 104 cm³/mol. The van der Waals surface area contributed by atoms with Crippen LogP contribution in [0.25, 0.3) is 0 Å². The fourth-order valence-electron chi connectivity index (χ4n) is 3.79. The SMILES string of the molecule is Cc1c[nH]c(CN2CCC(n3nccc3NC(=O)C3CC3)CC2)c(C)c1=O. The first-order valence-corrected chi connectivity index (χ1v) is 9.77. The van der Waals surface area contributed by atoms with Crippen LogP contribution in [0.1, 0.15) is 48.5 Å². The Hall–Kier alpha value is -2.41. The number of pyridine rings is 1. The highest BCUT2D eigenvalue weighted by Gasteiger charge is 2.31. The maximum absolute atomic E-state index is 12.1. The lowest BCUT2D eigenvalue weighted by atomic mass is 10.0. The predicted octanol–water partition coefficient (Wildman–Crippen LogP) is 2.37. The normalized spacial score (nSPS) is 18.6. The third-order valence-corrected chi connectivity index (χ3v) is 5.77. The van der Waals surface area contributed by atoms with Crippen molar-refractivity contribution < 1.29 is 4.79 Å². The number of nitrogens with zero attached hydrogens (tertiary/aromatic N) is 3. The highest BCUT2D eigenvalue weighted by atomic mass is 16.2. The quantitative estimate of drug-likeness (QED) is 0.848. The molecule has 0 bridgehead atoms. The summed E-state index contributed by atoms with van der Waals surface area (Å²) in [6, 6.07) is 2.18. The van der Waals surface area contributed by atoms with Crippen LogP contribution in [-0.4, -0.2) is 38.7 Å². The minimum Gasteiger partial charge on any atom is -0.363 e. The Morgan fingerprint density at radius 3 is 2.70 bits per heavy atom. The Morgan fingerprint density at radius 2 is 2.00 bits per heavy atom. The van der Waals surface area contributed by atoms with Gasteiger partial charge in [-0.05, 0) is 39.5 Å². The number of hydrogen-bond donors (Lipinski definition) is 2. The van der Waals surface area contributed by atoms with Gasteiger partial charge in [0.05, 0.1) is 12.2 Å². The highest BCUT2D eigenvalue weighted by Crippen LogP contribution is 2.31. The number of rotatable bonds is 5. The molecule has 0 aromatic carbocycles. The van der Waals surface area contributed by atoms with E-state index in [9.17, 15) is 9.59 Å². The maximum atomic E-state index is 12.1. The Kier molecular flexibility index (Phi) is 4.86. The zero-order chi connectivity index (χ0) is 19.0. The summed E-state index contributed by atoms with van der Waals surface area (Å²) in [7, 11) is 0. The van der Waals surface area contributed by atoms with Crippen molar-refractivity contribution in [1.82, 2.24) is 19.7 Å². The van der Waals surface area contributed by atoms with Crippen LogP contribution in [0.15, 0.2) is 23.3 Å². The van der Waals surface area contributed by atoms with E-state index in [4.69, 9.17) is 0 Å². The Labute approximate surface area is 158 Å². The number of amides is 1. The van der Waals surface area contributed by atoms with E-state index in [1.54, 1.807) is 12.4 Å². The van der Waals surface area contributed by atoms with Crippen LogP contribution in [0.2, 0.25) is 0 Å². The number of hydrogen-bond acceptors (Lipinski definition) is 4. The number of piperidine rings is 1. The van der Waals surface area contributed by atoms with Gasteiger partial charge < -0.3 is 10.3 Å². The van der Waals surface area contributed by atoms with Gasteiger partial charge in [-0.1, -0.05) is 0 Å². The fraction of sp³-hybridized carbons (Fsp3) is 0.550. The molecular formula is C20H27N5O2. The maximum Gasteiger partial charge on any atom is 0.228 e. The average Bonchev–Trinajstić information content (AvgIpc) is 3.43. The van der Waals surface area contributed by atoms with Crippen molar-refractivity contribution >= 4 is 11.7 Å². The summed E-state index contributed by atoms with van der Waals surface area (Å²) in [4.78, 5) is 29.8. The zero-order valence-corrected chi connectivity index (χ0v) is 16.0. The molecule has 27 heavy (non-hydrogen) atoms. The van der Waals surface area contributed by atoms with E-state index < -0.39 is 0 Å². The summed E-state index contributed by atoms with van der Waals surface area (Å²) in [5.41, 5.74) is 2.70. The Morgan fingerprint density at radius 1 is 1.26 bits per heavy atom. The summed E-state index contributed by atoms with van der Waals surface area (Å²) < 4.78 is 1.97. The number of aromatic nitrogens is 3. The first kappa shape index (κ1) is 18.0. The largest absolute Gasteiger partial charge is 0.363 e. The van der Waals surface area contributed by atoms with E-state index in [2.05, 4.69) is 20.3 Å². The van der Waals surface area contributed by atoms with Crippen LogP contribution in [0.3, 0.4) is 0 Å². The minimum absolute atomic E-state index is 0.119. The topological polar surface area (TPSA) is 83.0 Å². The Balaban J connectivity index is 1.37. The molecule has 1 aliphatic carbocycles. The van der Waals surface area contributed by atoms with Crippen molar-refractivity contribution in [1.29, 1.82) is 0 Å². The van der Waals surface area contributed by atoms with Crippen LogP contribution >= 0.6 is 0 Å². The van der Waals surface area contributed by atoms with Crippen molar-refractivity contribution in [2.45, 2.75) is 52.1 Å². The molecule has 7 heteroatoms. The third kappa shape index (κ3) is 3.83. The van der Waals surface area contributed by atoms with Gasteiger partial charge >= 0.3 is 0 Å². The van der Waals surface area contributed by atoms with Crippen molar-refractivity contribution in [3.63, 3.8) is 0 Å². The molecular weight excluding hydrogens is 342 g/mol. The average molecular weight is 369 g/mol. The van der Waals surface area contributed by atoms with E-state index in [-0.39, 0.29) is 17.3 Å². The standard InChI is InChI=1S/C20H27N5O2/c1-13-11-21-17(14(2)19(13)26)12-24-9-6-16(7-10-24)25-18(5-8-22-25)23-20(27)15-3-4-15/h5,8,11,15-16H,3-4,6-7,9-10,12H2,1-2H3,(H,21,26)(H,23,27). The Bertz CT molecular complexity index is 888. The van der Waals surface area contributed by atoms with Crippen molar-refractivity contribution in [2.24, 2.45) is 5.92 Å². The molecule has 2 aromatic heterocycles. The van der Waals surface area contributed by atoms with Gasteiger partial charge in [-0.3, -0.25) is 14.5 Å². The third-order valence-electron chi connectivity index (χ3n) is 5.77. The summed E-state index contributed by atoms with van der Waals surface area (Å²) in [5.74, 6) is 1.12. The van der Waals surface area contributed by atoms with Gasteiger partial charge in [0.15, 0.2) is 5.43 Å². The second kappa shape index (κ2) is 7.31. The van der Waals surface area contributed by atoms with Gasteiger partial charge in [-0.2, -0.15) is 5.10 Å². The van der Waals surface area contributed by atoms with E-state index in [1.807, 2.05) is 24.6 Å². The second-order valence-corrected chi connectivity index (χ2v) is 7.84. The minimum atomic E-state index is 0.119. The van der Waals surface area contributed by atoms with Crippen LogP contribution in [-0.2, 0) is 11.3 Å². The molecule has 0 unspecified atom stereocenters. The number of carbonyl (C=O) groups is 1. The van der Waals surface area contributed by atoms with Gasteiger partial charge in [-0.25, -0.2) is 4.68 Å². The molecule has 0 spiro atoms. The molecule has 144 valence electrons. The van der Waals surface area contributed by atoms with Gasteiger partial charge in [0.1, 0.15) is 5.82 Å². The monoisotopic (exact) mass is 369 g/mol. The lowest BCUT2D eigenvalue weighted by molar-refractivity contribution is -0.117. The van der Waals surface area contributed by atoms with E-state index in [0.717, 1.165) is 68.0 Å². The van der Waals surface area contributed by atoms with Crippen molar-refractivity contribution in [3.05, 3.63) is 45.5 Å². The van der Waals surface area contributed by atoms with E-state index in [0.29, 0.717) is 6.04 Å². The number of nitrogens with one attached hydrogen (secondary N) is 2. The summed E-state index contributed by atoms with van der Waals surface area (Å²) >= 11 is 0. The molecule has 4 rings (SSSR count). The summed E-state index contributed by atoms with van der Waals surface area (Å²) in [6.07, 6.45) is 7.51. The van der Waals surface area contributed by atoms with Gasteiger partial charge in [-0.15, -0.1) is 0 Å². The number of likely N-dealkylation sites (tertiary alicyclic amines) is 1. The number of aromatic amines is 1. The zero-order valence-electron chi connectivity index (χ0n) is 16.0. The van der Waals surface area contributed by atoms with Crippen LogP contribution < -0.4 is 10.7 Å². The number of anilines is 1. The van der Waals surface area contributed by atoms with E-state index in [1.165, 1.54) is 0 Å². The number of aryl methyl sites for hydroxylation is 1. The molecule has 1 saturated carbocycles. The molecule has 2 aliphatic rings. The molecule has 2 fully saturated rings. The molecule has 3 heterocycles. The fourth-order valence-corrected chi connectivity index (χ4v) is 3.79. The molecule has 0 radical (unpaired) electrons. The molecule has 1 saturated heterocycles. The first-order valence-electron chi connectivity index (χ1n) is 9.77. The summed E-state index contributed by atoms with van der Waals surface area (Å²) in [6.45, 7) is 6.38. The molecule has 1 aliphatic heterocycles. The highest BCUT2D eigenvalue weighted by molar-refractivity contribution is 5.93. The molecule has 2 aromatic rings. The first-order chi connectivity index (χ1) is 13.0. The lowest BCUT2D eigenvalue weighted by Gasteiger charge is -2.32. The molecule has 7 nitrogen and oxygen atoms in total.